The van der Waals surface area contributed by atoms with E-state index in [9.17, 15) is 5.11 Å². The monoisotopic (exact) mass is 283 g/mol. The normalized spacial score (nSPS) is 19.6. The lowest BCUT2D eigenvalue weighted by Crippen LogP contribution is -2.46. The average Bonchev–Trinajstić information content (AvgIpc) is 2.42. The Bertz CT molecular complexity index is 232. The molecule has 0 spiro atoms. The number of aliphatic hydroxyl groups is 1. The zero-order valence-electron chi connectivity index (χ0n) is 14.2. The first-order valence-corrected chi connectivity index (χ1v) is 9.04. The fourth-order valence-corrected chi connectivity index (χ4v) is 3.29. The van der Waals surface area contributed by atoms with E-state index in [4.69, 9.17) is 0 Å². The van der Waals surface area contributed by atoms with Crippen molar-refractivity contribution in [2.75, 3.05) is 13.1 Å². The van der Waals surface area contributed by atoms with Gasteiger partial charge >= 0.3 is 0 Å². The van der Waals surface area contributed by atoms with Gasteiger partial charge in [-0.25, -0.2) is 0 Å². The maximum Gasteiger partial charge on any atom is 0.0672 e. The molecule has 2 heteroatoms. The molecular formula is C18H37NO. The molecule has 1 rings (SSSR count). The summed E-state index contributed by atoms with van der Waals surface area (Å²) in [6, 6.07) is 0.627. The maximum atomic E-state index is 10.6. The van der Waals surface area contributed by atoms with Gasteiger partial charge in [0.05, 0.1) is 5.60 Å². The van der Waals surface area contributed by atoms with Gasteiger partial charge in [0, 0.05) is 19.1 Å². The van der Waals surface area contributed by atoms with Gasteiger partial charge in [-0.05, 0) is 33.1 Å². The first-order valence-electron chi connectivity index (χ1n) is 9.04. The fraction of sp³-hybridized carbons (Fsp3) is 1.00. The molecule has 0 saturated carbocycles. The van der Waals surface area contributed by atoms with Crippen LogP contribution in [-0.2, 0) is 0 Å². The Morgan fingerprint density at radius 1 is 0.900 bits per heavy atom. The highest BCUT2D eigenvalue weighted by Gasteiger charge is 2.32. The van der Waals surface area contributed by atoms with Gasteiger partial charge in [-0.3, -0.25) is 0 Å². The van der Waals surface area contributed by atoms with Crippen LogP contribution in [0.25, 0.3) is 0 Å². The molecule has 20 heavy (non-hydrogen) atoms. The third-order valence-corrected chi connectivity index (χ3v) is 4.95. The second-order valence-electron chi connectivity index (χ2n) is 7.08. The topological polar surface area (TPSA) is 23.5 Å². The van der Waals surface area contributed by atoms with Gasteiger partial charge < -0.3 is 10.0 Å². The molecule has 0 radical (unpaired) electrons. The number of nitrogens with zero attached hydrogens (tertiary/aromatic N) is 1. The second kappa shape index (κ2) is 9.78. The summed E-state index contributed by atoms with van der Waals surface area (Å²) in [4.78, 5) is 2.49. The number of hydrogen-bond acceptors (Lipinski definition) is 2. The molecule has 0 atom stereocenters. The van der Waals surface area contributed by atoms with Crippen molar-refractivity contribution in [1.82, 2.24) is 4.90 Å². The van der Waals surface area contributed by atoms with Gasteiger partial charge in [0.2, 0.25) is 0 Å². The zero-order chi connectivity index (χ0) is 14.8. The van der Waals surface area contributed by atoms with Gasteiger partial charge in [-0.1, -0.05) is 58.3 Å². The molecule has 1 aliphatic rings. The Morgan fingerprint density at radius 3 is 1.90 bits per heavy atom. The van der Waals surface area contributed by atoms with Crippen LogP contribution >= 0.6 is 0 Å². The quantitative estimate of drug-likeness (QED) is 0.585. The molecule has 0 aromatic rings. The van der Waals surface area contributed by atoms with E-state index in [0.29, 0.717) is 6.04 Å². The SMILES string of the molecule is CCCCCCCCCCC1(O)CCN(C(C)C)CC1. The molecule has 0 amide bonds. The van der Waals surface area contributed by atoms with Crippen LogP contribution in [0.5, 0.6) is 0 Å². The van der Waals surface area contributed by atoms with Crippen LogP contribution in [0.4, 0.5) is 0 Å². The van der Waals surface area contributed by atoms with Crippen molar-refractivity contribution >= 4 is 0 Å². The number of unbranched alkanes of at least 4 members (excludes halogenated alkanes) is 7. The number of rotatable bonds is 10. The summed E-state index contributed by atoms with van der Waals surface area (Å²) in [5.74, 6) is 0. The largest absolute Gasteiger partial charge is 0.390 e. The van der Waals surface area contributed by atoms with Crippen molar-refractivity contribution in [3.63, 3.8) is 0 Å². The zero-order valence-corrected chi connectivity index (χ0v) is 14.2. The molecule has 0 bridgehead atoms. The van der Waals surface area contributed by atoms with Gasteiger partial charge in [0.25, 0.3) is 0 Å². The van der Waals surface area contributed by atoms with E-state index in [2.05, 4.69) is 25.7 Å². The van der Waals surface area contributed by atoms with Crippen LogP contribution in [0.2, 0.25) is 0 Å². The molecule has 0 aliphatic carbocycles. The summed E-state index contributed by atoms with van der Waals surface area (Å²) in [6.45, 7) is 8.92. The Labute approximate surface area is 126 Å². The van der Waals surface area contributed by atoms with Crippen LogP contribution in [0.15, 0.2) is 0 Å². The van der Waals surface area contributed by atoms with Gasteiger partial charge in [-0.15, -0.1) is 0 Å². The average molecular weight is 284 g/mol. The van der Waals surface area contributed by atoms with E-state index >= 15 is 0 Å². The lowest BCUT2D eigenvalue weighted by Gasteiger charge is -2.40. The van der Waals surface area contributed by atoms with E-state index in [-0.39, 0.29) is 5.60 Å². The molecule has 1 saturated heterocycles. The van der Waals surface area contributed by atoms with Crippen molar-refractivity contribution < 1.29 is 5.11 Å². The molecular weight excluding hydrogens is 246 g/mol. The summed E-state index contributed by atoms with van der Waals surface area (Å²) < 4.78 is 0. The fourth-order valence-electron chi connectivity index (χ4n) is 3.29. The maximum absolute atomic E-state index is 10.6. The second-order valence-corrected chi connectivity index (χ2v) is 7.08. The summed E-state index contributed by atoms with van der Waals surface area (Å²) in [6.07, 6.45) is 13.8. The van der Waals surface area contributed by atoms with E-state index in [1.54, 1.807) is 0 Å². The predicted molar refractivity (Wildman–Crippen MR) is 88.1 cm³/mol. The van der Waals surface area contributed by atoms with Crippen LogP contribution in [-0.4, -0.2) is 34.7 Å². The Kier molecular flexibility index (Phi) is 8.79. The Balaban J connectivity index is 2.01. The molecule has 1 N–H and O–H groups in total. The van der Waals surface area contributed by atoms with E-state index in [1.807, 2.05) is 0 Å². The van der Waals surface area contributed by atoms with Gasteiger partial charge in [-0.2, -0.15) is 0 Å². The molecule has 1 aliphatic heterocycles. The Hall–Kier alpha value is -0.0800. The van der Waals surface area contributed by atoms with Gasteiger partial charge in [0.1, 0.15) is 0 Å². The van der Waals surface area contributed by atoms with E-state index in [1.165, 1.54) is 51.4 Å². The van der Waals surface area contributed by atoms with Crippen LogP contribution in [0.3, 0.4) is 0 Å². The standard InChI is InChI=1S/C18H37NO/c1-4-5-6-7-8-9-10-11-12-18(20)13-15-19(16-14-18)17(2)3/h17,20H,4-16H2,1-3H3. The van der Waals surface area contributed by atoms with E-state index < -0.39 is 0 Å². The third kappa shape index (κ3) is 7.08. The lowest BCUT2D eigenvalue weighted by atomic mass is 9.86. The molecule has 120 valence electrons. The third-order valence-electron chi connectivity index (χ3n) is 4.95. The summed E-state index contributed by atoms with van der Waals surface area (Å²) in [5.41, 5.74) is -0.354. The predicted octanol–water partition coefficient (Wildman–Crippen LogP) is 4.75. The molecule has 0 unspecified atom stereocenters. The highest BCUT2D eigenvalue weighted by atomic mass is 16.3. The molecule has 0 aromatic carbocycles. The van der Waals surface area contributed by atoms with E-state index in [0.717, 1.165) is 32.4 Å². The number of piperidine rings is 1. The van der Waals surface area contributed by atoms with Crippen molar-refractivity contribution in [3.8, 4) is 0 Å². The van der Waals surface area contributed by atoms with Crippen LogP contribution in [0.1, 0.15) is 91.4 Å². The minimum atomic E-state index is -0.354. The highest BCUT2D eigenvalue weighted by Crippen LogP contribution is 2.28. The molecule has 0 aromatic heterocycles. The number of likely N-dealkylation sites (tertiary alicyclic amines) is 1. The lowest BCUT2D eigenvalue weighted by molar-refractivity contribution is -0.0353. The summed E-state index contributed by atoms with van der Waals surface area (Å²) in [5, 5.41) is 10.6. The van der Waals surface area contributed by atoms with Crippen molar-refractivity contribution in [3.05, 3.63) is 0 Å². The van der Waals surface area contributed by atoms with Crippen molar-refractivity contribution in [2.45, 2.75) is 103 Å². The highest BCUT2D eigenvalue weighted by molar-refractivity contribution is 4.86. The van der Waals surface area contributed by atoms with Crippen LogP contribution in [0, 0.1) is 0 Å². The van der Waals surface area contributed by atoms with Gasteiger partial charge in [0.15, 0.2) is 0 Å². The van der Waals surface area contributed by atoms with Crippen molar-refractivity contribution in [2.24, 2.45) is 0 Å². The minimum absolute atomic E-state index is 0.354. The van der Waals surface area contributed by atoms with Crippen molar-refractivity contribution in [1.29, 1.82) is 0 Å². The first kappa shape index (κ1) is 18.0. The smallest absolute Gasteiger partial charge is 0.0672 e. The summed E-state index contributed by atoms with van der Waals surface area (Å²) >= 11 is 0. The number of hydrogen-bond donors (Lipinski definition) is 1. The molecule has 1 heterocycles. The van der Waals surface area contributed by atoms with Crippen LogP contribution < -0.4 is 0 Å². The minimum Gasteiger partial charge on any atom is -0.390 e. The molecule has 2 nitrogen and oxygen atoms in total. The summed E-state index contributed by atoms with van der Waals surface area (Å²) in [7, 11) is 0. The molecule has 1 fully saturated rings. The first-order chi connectivity index (χ1) is 9.57. The Morgan fingerprint density at radius 2 is 1.40 bits per heavy atom.